The number of aliphatic hydroxyl groups is 1. The van der Waals surface area contributed by atoms with E-state index in [1.165, 1.54) is 75.3 Å². The first-order chi connectivity index (χ1) is 20.8. The van der Waals surface area contributed by atoms with Crippen molar-refractivity contribution in [2.45, 2.75) is 129 Å². The first kappa shape index (κ1) is 32.7. The predicted molar refractivity (Wildman–Crippen MR) is 178 cm³/mol. The highest BCUT2D eigenvalue weighted by atomic mass is 16.5. The van der Waals surface area contributed by atoms with E-state index in [4.69, 9.17) is 4.74 Å². The lowest BCUT2D eigenvalue weighted by Gasteiger charge is -2.58. The van der Waals surface area contributed by atoms with Crippen LogP contribution < -0.4 is 10.1 Å². The highest BCUT2D eigenvalue weighted by Crippen LogP contribution is 2.66. The fraction of sp³-hybridized carbons (Fsp3) is 0.763. The molecule has 4 fully saturated rings. The minimum atomic E-state index is -0.193. The van der Waals surface area contributed by atoms with Crippen molar-refractivity contribution in [3.8, 4) is 5.75 Å². The van der Waals surface area contributed by atoms with E-state index in [9.17, 15) is 5.11 Å². The third-order valence-corrected chi connectivity index (χ3v) is 12.3. The molecule has 1 aromatic heterocycles. The highest BCUT2D eigenvalue weighted by molar-refractivity contribution is 5.33. The van der Waals surface area contributed by atoms with Crippen molar-refractivity contribution in [1.82, 2.24) is 15.2 Å². The molecule has 43 heavy (non-hydrogen) atoms. The van der Waals surface area contributed by atoms with Crippen LogP contribution in [0.4, 0.5) is 0 Å². The SMILES string of the molecule is C=C1C=C2CCC3C4CCC(O)[C@@]4(CCOc4cncc(C(CN(C)C)NC5CCCCC5)c4)CCC3[C@@]2(C)CC1.CC. The molecule has 0 amide bonds. The summed E-state index contributed by atoms with van der Waals surface area (Å²) < 4.78 is 6.47. The highest BCUT2D eigenvalue weighted by Gasteiger charge is 2.60. The number of nitrogens with one attached hydrogen (secondary N) is 1. The first-order valence-corrected chi connectivity index (χ1v) is 17.8. The quantitative estimate of drug-likeness (QED) is 0.303. The van der Waals surface area contributed by atoms with Crippen LogP contribution in [0.5, 0.6) is 5.75 Å². The number of nitrogens with zero attached hydrogens (tertiary/aromatic N) is 2. The minimum absolute atomic E-state index is 0.0119. The van der Waals surface area contributed by atoms with Crippen molar-refractivity contribution >= 4 is 0 Å². The number of aliphatic hydroxyl groups excluding tert-OH is 1. The molecule has 5 aliphatic rings. The van der Waals surface area contributed by atoms with Crippen LogP contribution in [0.25, 0.3) is 0 Å². The third kappa shape index (κ3) is 6.79. The summed E-state index contributed by atoms with van der Waals surface area (Å²) in [6.45, 7) is 12.5. The van der Waals surface area contributed by atoms with Gasteiger partial charge in [0.2, 0.25) is 0 Å². The number of hydrogen-bond donors (Lipinski definition) is 2. The molecule has 5 unspecified atom stereocenters. The maximum Gasteiger partial charge on any atom is 0.137 e. The molecule has 0 aromatic carbocycles. The fourth-order valence-electron chi connectivity index (χ4n) is 10.1. The molecule has 1 heterocycles. The Labute approximate surface area is 263 Å². The number of pyridine rings is 1. The largest absolute Gasteiger partial charge is 0.492 e. The van der Waals surface area contributed by atoms with Crippen molar-refractivity contribution in [2.24, 2.45) is 28.6 Å². The van der Waals surface area contributed by atoms with E-state index in [1.54, 1.807) is 5.57 Å². The van der Waals surface area contributed by atoms with Gasteiger partial charge in [-0.25, -0.2) is 0 Å². The molecule has 7 atom stereocenters. The van der Waals surface area contributed by atoms with Gasteiger partial charge in [-0.1, -0.05) is 63.8 Å². The van der Waals surface area contributed by atoms with Gasteiger partial charge >= 0.3 is 0 Å². The normalized spacial score (nSPS) is 34.8. The van der Waals surface area contributed by atoms with Crippen molar-refractivity contribution < 1.29 is 9.84 Å². The Morgan fingerprint density at radius 2 is 1.81 bits per heavy atom. The second-order valence-electron chi connectivity index (χ2n) is 14.9. The van der Waals surface area contributed by atoms with Crippen molar-refractivity contribution in [3.63, 3.8) is 0 Å². The van der Waals surface area contributed by atoms with E-state index >= 15 is 0 Å². The molecule has 5 aliphatic carbocycles. The van der Waals surface area contributed by atoms with Gasteiger partial charge < -0.3 is 20.1 Å². The van der Waals surface area contributed by atoms with E-state index in [0.717, 1.165) is 49.8 Å². The minimum Gasteiger partial charge on any atom is -0.492 e. The second kappa shape index (κ2) is 14.2. The zero-order chi connectivity index (χ0) is 30.6. The van der Waals surface area contributed by atoms with Crippen LogP contribution in [-0.2, 0) is 0 Å². The lowest BCUT2D eigenvalue weighted by Crippen LogP contribution is -2.52. The Bertz CT molecular complexity index is 1110. The Hall–Kier alpha value is -1.69. The van der Waals surface area contributed by atoms with Gasteiger partial charge in [0.1, 0.15) is 5.75 Å². The summed E-state index contributed by atoms with van der Waals surface area (Å²) in [5.41, 5.74) is 4.56. The van der Waals surface area contributed by atoms with Gasteiger partial charge in [-0.3, -0.25) is 4.98 Å². The van der Waals surface area contributed by atoms with Gasteiger partial charge in [0.05, 0.1) is 18.9 Å². The van der Waals surface area contributed by atoms with Crippen LogP contribution in [0.2, 0.25) is 0 Å². The number of aromatic nitrogens is 1. The van der Waals surface area contributed by atoms with E-state index in [-0.39, 0.29) is 17.6 Å². The van der Waals surface area contributed by atoms with E-state index in [0.29, 0.717) is 24.0 Å². The third-order valence-electron chi connectivity index (χ3n) is 12.3. The summed E-state index contributed by atoms with van der Waals surface area (Å²) in [7, 11) is 4.30. The van der Waals surface area contributed by atoms with Crippen LogP contribution in [-0.4, -0.2) is 54.4 Å². The number of ether oxygens (including phenoxy) is 1. The molecule has 1 aromatic rings. The lowest BCUT2D eigenvalue weighted by molar-refractivity contribution is -0.0911. The number of rotatable bonds is 9. The molecule has 0 spiro atoms. The Balaban J connectivity index is 0.00000180. The van der Waals surface area contributed by atoms with E-state index < -0.39 is 0 Å². The number of allylic oxidation sites excluding steroid dienone is 3. The molecule has 0 saturated heterocycles. The topological polar surface area (TPSA) is 57.6 Å². The zero-order valence-corrected chi connectivity index (χ0v) is 28.0. The molecule has 5 heteroatoms. The first-order valence-electron chi connectivity index (χ1n) is 17.8. The average Bonchev–Trinajstić information content (AvgIpc) is 3.35. The summed E-state index contributed by atoms with van der Waals surface area (Å²) in [4.78, 5) is 6.88. The van der Waals surface area contributed by atoms with E-state index in [2.05, 4.69) is 54.9 Å². The summed E-state index contributed by atoms with van der Waals surface area (Å²) >= 11 is 0. The van der Waals surface area contributed by atoms with Gasteiger partial charge in [-0.05, 0) is 120 Å². The van der Waals surface area contributed by atoms with Crippen molar-refractivity contribution in [1.29, 1.82) is 0 Å². The monoisotopic (exact) mass is 591 g/mol. The van der Waals surface area contributed by atoms with Gasteiger partial charge in [-0.2, -0.15) is 0 Å². The van der Waals surface area contributed by atoms with Crippen LogP contribution in [0, 0.1) is 28.6 Å². The van der Waals surface area contributed by atoms with Gasteiger partial charge in [0, 0.05) is 30.2 Å². The van der Waals surface area contributed by atoms with Crippen molar-refractivity contribution in [2.75, 3.05) is 27.2 Å². The van der Waals surface area contributed by atoms with Crippen LogP contribution in [0.1, 0.15) is 122 Å². The smallest absolute Gasteiger partial charge is 0.137 e. The van der Waals surface area contributed by atoms with Crippen LogP contribution >= 0.6 is 0 Å². The molecule has 0 radical (unpaired) electrons. The Morgan fingerprint density at radius 1 is 1.02 bits per heavy atom. The maximum absolute atomic E-state index is 11.4. The Kier molecular flexibility index (Phi) is 10.8. The van der Waals surface area contributed by atoms with E-state index in [1.807, 2.05) is 26.2 Å². The summed E-state index contributed by atoms with van der Waals surface area (Å²) in [5, 5.41) is 15.4. The van der Waals surface area contributed by atoms with Gasteiger partial charge in [0.15, 0.2) is 0 Å². The summed E-state index contributed by atoms with van der Waals surface area (Å²) in [5.74, 6) is 2.98. The van der Waals surface area contributed by atoms with Crippen LogP contribution in [0.15, 0.2) is 42.3 Å². The molecule has 0 bridgehead atoms. The average molecular weight is 592 g/mol. The molecule has 6 rings (SSSR count). The molecule has 240 valence electrons. The lowest BCUT2D eigenvalue weighted by atomic mass is 9.46. The van der Waals surface area contributed by atoms with Gasteiger partial charge in [-0.15, -0.1) is 0 Å². The summed E-state index contributed by atoms with van der Waals surface area (Å²) in [6.07, 6.45) is 23.1. The standard InChI is InChI=1S/C36H55N3O2.C2H6/c1-25-14-16-35(2)27(20-25)10-11-30-31(35)15-17-36(32(30)12-13-34(36)40)18-19-41-29-21-26(22-37-23-29)33(24-39(3)4)38-28-8-6-5-7-9-28;1-2/h20-23,28,30-34,38,40H,1,5-19,24H2,2-4H3;1-2H3/t30?,31?,32?,33?,34?,35-,36+;/m0./s1. The zero-order valence-electron chi connectivity index (χ0n) is 28.0. The Morgan fingerprint density at radius 3 is 2.58 bits per heavy atom. The molecule has 5 nitrogen and oxygen atoms in total. The predicted octanol–water partition coefficient (Wildman–Crippen LogP) is 8.26. The summed E-state index contributed by atoms with van der Waals surface area (Å²) in [6, 6.07) is 3.05. The molecular formula is C38H61N3O2. The molecular weight excluding hydrogens is 530 g/mol. The molecule has 0 aliphatic heterocycles. The van der Waals surface area contributed by atoms with Crippen molar-refractivity contribution in [3.05, 3.63) is 47.8 Å². The van der Waals surface area contributed by atoms with Crippen LogP contribution in [0.3, 0.4) is 0 Å². The molecule has 4 saturated carbocycles. The number of fused-ring (bicyclic) bond motifs is 5. The second-order valence-corrected chi connectivity index (χ2v) is 14.9. The fourth-order valence-corrected chi connectivity index (χ4v) is 10.1. The molecule has 2 N–H and O–H groups in total. The van der Waals surface area contributed by atoms with Gasteiger partial charge in [0.25, 0.3) is 0 Å². The number of likely N-dealkylation sites (N-methyl/N-ethyl adjacent to an activating group) is 1. The number of hydrogen-bond acceptors (Lipinski definition) is 5. The maximum atomic E-state index is 11.4.